The first kappa shape index (κ1) is 45.4. The van der Waals surface area contributed by atoms with E-state index in [4.69, 9.17) is 23.7 Å². The minimum absolute atomic E-state index is 0.0429. The van der Waals surface area contributed by atoms with Gasteiger partial charge in [-0.1, -0.05) is 51.5 Å². The van der Waals surface area contributed by atoms with Gasteiger partial charge in [-0.15, -0.1) is 0 Å². The molecule has 8 N–H and O–H groups in total. The lowest BCUT2D eigenvalue weighted by Crippen LogP contribution is -2.68. The van der Waals surface area contributed by atoms with Crippen molar-refractivity contribution in [2.75, 3.05) is 6.61 Å². The van der Waals surface area contributed by atoms with Crippen molar-refractivity contribution < 1.29 is 81.4 Å². The third-order valence-corrected chi connectivity index (χ3v) is 16.4. The number of hydrogen-bond donors (Lipinski definition) is 8. The summed E-state index contributed by atoms with van der Waals surface area (Å²) in [6.45, 7) is 14.2. The fourth-order valence-corrected chi connectivity index (χ4v) is 13.3. The Morgan fingerprint density at radius 2 is 1.59 bits per heavy atom. The molecule has 0 radical (unpaired) electrons. The van der Waals surface area contributed by atoms with E-state index in [0.717, 1.165) is 5.57 Å². The molecule has 17 nitrogen and oxygen atoms in total. The summed E-state index contributed by atoms with van der Waals surface area (Å²) in [5.41, 5.74) is -6.67. The van der Waals surface area contributed by atoms with Crippen molar-refractivity contribution in [3.8, 4) is 0 Å². The molecule has 59 heavy (non-hydrogen) atoms. The second kappa shape index (κ2) is 14.7. The lowest BCUT2D eigenvalue weighted by atomic mass is 9.40. The number of aliphatic hydroxyl groups is 7. The van der Waals surface area contributed by atoms with Crippen LogP contribution in [0.2, 0.25) is 0 Å². The summed E-state index contributed by atoms with van der Waals surface area (Å²) in [4.78, 5) is 14.3. The molecule has 3 saturated heterocycles. The summed E-state index contributed by atoms with van der Waals surface area (Å²) in [6.07, 6.45) is -7.39. The molecule has 336 valence electrons. The number of cyclic esters (lactones) is 1. The van der Waals surface area contributed by atoms with Crippen molar-refractivity contribution in [3.63, 3.8) is 0 Å². The quantitative estimate of drug-likeness (QED) is 0.0700. The van der Waals surface area contributed by atoms with E-state index in [1.807, 2.05) is 6.92 Å². The summed E-state index contributed by atoms with van der Waals surface area (Å²) in [6, 6.07) is 0. The first-order valence-corrected chi connectivity index (χ1v) is 22.2. The smallest absolute Gasteiger partial charge is 0.397 e. The van der Waals surface area contributed by atoms with Crippen molar-refractivity contribution in [2.45, 2.75) is 185 Å². The van der Waals surface area contributed by atoms with Gasteiger partial charge in [0, 0.05) is 6.42 Å². The Morgan fingerprint density at radius 3 is 2.24 bits per heavy atom. The lowest BCUT2D eigenvalue weighted by molar-refractivity contribution is -0.362. The predicted octanol–water partition coefficient (Wildman–Crippen LogP) is 1.19. The van der Waals surface area contributed by atoms with Crippen LogP contribution < -0.4 is 0 Å². The van der Waals surface area contributed by atoms with E-state index in [1.54, 1.807) is 39.0 Å². The van der Waals surface area contributed by atoms with E-state index in [9.17, 15) is 53.5 Å². The zero-order valence-corrected chi connectivity index (χ0v) is 35.9. The van der Waals surface area contributed by atoms with Gasteiger partial charge in [0.05, 0.1) is 30.5 Å². The van der Waals surface area contributed by atoms with E-state index in [1.165, 1.54) is 6.92 Å². The number of hydrogen-bond acceptors (Lipinski definition) is 16. The monoisotopic (exact) mass is 860 g/mol. The standard InChI is InChI=1S/C41H64O17S/c1-20-27(43)29(45)30(46)32(54-20)56-31-28(44)23(58-59(50,51)52)19-53-33(31)55-26-12-15-37(6)22-18-25(42)41-34(47)57-39(8,14-9-13-35(2,3)48)40(41,49)17-16-38(41,7)21(22)10-11-24(37)36(26,4)5/h9,13,18,20-21,23-33,42-46,48-49H,10-12,14-17,19H2,1-8H3,(H,50,51,52)/b13-9+/t20-,21-,23-,24-,25+,26+,27-,28+,29+,30-,31-,32+,33+,37-,38+,39+,40+,41-/m1/s1. The minimum Gasteiger partial charge on any atom is -0.455 e. The maximum atomic E-state index is 14.3. The predicted molar refractivity (Wildman–Crippen MR) is 205 cm³/mol. The molecule has 3 heterocycles. The molecule has 7 aliphatic rings. The van der Waals surface area contributed by atoms with Crippen LogP contribution in [0.25, 0.3) is 0 Å². The van der Waals surface area contributed by atoms with Gasteiger partial charge in [-0.3, -0.25) is 9.35 Å². The van der Waals surface area contributed by atoms with Gasteiger partial charge in [-0.25, -0.2) is 4.18 Å². The van der Waals surface area contributed by atoms with Crippen LogP contribution in [0.5, 0.6) is 0 Å². The third kappa shape index (κ3) is 6.82. The first-order chi connectivity index (χ1) is 27.1. The molecule has 0 unspecified atom stereocenters. The summed E-state index contributed by atoms with van der Waals surface area (Å²) >= 11 is 0. The molecule has 1 spiro atoms. The molecule has 6 fully saturated rings. The van der Waals surface area contributed by atoms with Crippen molar-refractivity contribution in [3.05, 3.63) is 23.8 Å². The number of carbonyl (C=O) groups excluding carboxylic acids is 1. The molecule has 0 aromatic carbocycles. The zero-order chi connectivity index (χ0) is 43.7. The SMILES string of the molecule is C[C@H]1O[C@@H](O[C@H]2[C@H](O[C@H]3CC[C@]4(C)C5=C[C@H](O)[C@]67C(=O)O[C@@](C)(C/C=C/C(C)(C)O)[C@@]6(O)CC[C@@]7(C)[C@@H]5CC[C@@H]4C3(C)C)OC[C@@H](OS(=O)(=O)O)[C@@H]2O)[C@H](O)[C@@H](O)[C@@H]1O. The van der Waals surface area contributed by atoms with Crippen LogP contribution in [0.15, 0.2) is 23.8 Å². The Kier molecular flexibility index (Phi) is 11.3. The van der Waals surface area contributed by atoms with E-state index < -0.39 is 129 Å². The molecular formula is C41H64O17S. The van der Waals surface area contributed by atoms with Gasteiger partial charge in [0.15, 0.2) is 12.6 Å². The molecule has 0 aromatic heterocycles. The maximum Gasteiger partial charge on any atom is 0.397 e. The lowest BCUT2D eigenvalue weighted by Gasteiger charge is -2.64. The van der Waals surface area contributed by atoms with Crippen molar-refractivity contribution >= 4 is 16.4 Å². The third-order valence-electron chi connectivity index (χ3n) is 15.9. The van der Waals surface area contributed by atoms with Gasteiger partial charge < -0.3 is 59.4 Å². The second-order valence-electron chi connectivity index (χ2n) is 20.2. The molecule has 3 aliphatic heterocycles. The Morgan fingerprint density at radius 1 is 0.915 bits per heavy atom. The van der Waals surface area contributed by atoms with E-state index >= 15 is 0 Å². The molecule has 0 aromatic rings. The average molecular weight is 861 g/mol. The van der Waals surface area contributed by atoms with Crippen LogP contribution in [0.1, 0.15) is 100 Å². The molecular weight excluding hydrogens is 797 g/mol. The molecule has 18 heteroatoms. The Labute approximate surface area is 345 Å². The topological polar surface area (TPSA) is 268 Å². The molecule has 0 amide bonds. The van der Waals surface area contributed by atoms with Gasteiger partial charge in [0.1, 0.15) is 53.2 Å². The number of ether oxygens (including phenoxy) is 5. The highest BCUT2D eigenvalue weighted by Crippen LogP contribution is 2.77. The van der Waals surface area contributed by atoms with E-state index in [2.05, 4.69) is 25.0 Å². The van der Waals surface area contributed by atoms with Gasteiger partial charge in [0.2, 0.25) is 0 Å². The van der Waals surface area contributed by atoms with Crippen LogP contribution in [0.4, 0.5) is 0 Å². The Bertz CT molecular complexity index is 1810. The van der Waals surface area contributed by atoms with E-state index in [-0.39, 0.29) is 24.7 Å². The second-order valence-corrected chi connectivity index (χ2v) is 21.2. The highest BCUT2D eigenvalue weighted by Gasteiger charge is 2.85. The zero-order valence-electron chi connectivity index (χ0n) is 35.1. The number of aliphatic hydroxyl groups excluding tert-OH is 5. The van der Waals surface area contributed by atoms with Crippen molar-refractivity contribution in [2.24, 2.45) is 33.5 Å². The molecule has 3 saturated carbocycles. The number of carbonyl (C=O) groups is 1. The molecule has 4 aliphatic carbocycles. The fourth-order valence-electron chi connectivity index (χ4n) is 12.8. The van der Waals surface area contributed by atoms with E-state index in [0.29, 0.717) is 32.1 Å². The first-order valence-electron chi connectivity index (χ1n) is 20.8. The largest absolute Gasteiger partial charge is 0.455 e. The summed E-state index contributed by atoms with van der Waals surface area (Å²) in [5, 5.41) is 78.1. The van der Waals surface area contributed by atoms with Gasteiger partial charge in [-0.2, -0.15) is 8.42 Å². The number of rotatable bonds is 9. The number of allylic oxidation sites excluding steroid dienone is 1. The molecule has 18 atom stereocenters. The van der Waals surface area contributed by atoms with Crippen molar-refractivity contribution in [1.29, 1.82) is 0 Å². The maximum absolute atomic E-state index is 14.3. The van der Waals surface area contributed by atoms with Crippen LogP contribution >= 0.6 is 0 Å². The number of esters is 1. The Balaban J connectivity index is 1.16. The highest BCUT2D eigenvalue weighted by atomic mass is 32.3. The summed E-state index contributed by atoms with van der Waals surface area (Å²) in [7, 11) is -5.05. The van der Waals surface area contributed by atoms with Crippen LogP contribution in [0.3, 0.4) is 0 Å². The van der Waals surface area contributed by atoms with Crippen LogP contribution in [-0.2, 0) is 43.1 Å². The minimum atomic E-state index is -5.05. The fraction of sp³-hybridized carbons (Fsp3) is 0.878. The summed E-state index contributed by atoms with van der Waals surface area (Å²) < 4.78 is 67.6. The Hall–Kier alpha value is -1.62. The highest BCUT2D eigenvalue weighted by molar-refractivity contribution is 7.80. The van der Waals surface area contributed by atoms with Gasteiger partial charge in [-0.05, 0) is 94.3 Å². The van der Waals surface area contributed by atoms with Crippen LogP contribution in [-0.4, -0.2) is 146 Å². The van der Waals surface area contributed by atoms with Crippen LogP contribution in [0, 0.1) is 33.5 Å². The molecule has 0 bridgehead atoms. The average Bonchev–Trinajstić information content (AvgIpc) is 3.48. The van der Waals surface area contributed by atoms with Gasteiger partial charge in [0.25, 0.3) is 0 Å². The van der Waals surface area contributed by atoms with Gasteiger partial charge >= 0.3 is 16.4 Å². The normalized spacial score (nSPS) is 51.0. The number of fused-ring (bicyclic) bond motifs is 4. The molecule has 7 rings (SSSR count). The summed E-state index contributed by atoms with van der Waals surface area (Å²) in [5.74, 6) is -0.823. The van der Waals surface area contributed by atoms with Crippen molar-refractivity contribution in [1.82, 2.24) is 0 Å².